The van der Waals surface area contributed by atoms with Crippen molar-refractivity contribution in [3.05, 3.63) is 107 Å². The number of nitrogens with one attached hydrogen (secondary N) is 1. The van der Waals surface area contributed by atoms with Crippen molar-refractivity contribution in [2.75, 3.05) is 38.0 Å². The van der Waals surface area contributed by atoms with Crippen molar-refractivity contribution in [3.8, 4) is 0 Å². The molecule has 1 aliphatic heterocycles. The van der Waals surface area contributed by atoms with Crippen LogP contribution in [0.25, 0.3) is 6.08 Å². The lowest BCUT2D eigenvalue weighted by molar-refractivity contribution is 0.118. The maximum absolute atomic E-state index is 13.6. The number of hydrogen-bond acceptors (Lipinski definition) is 3. The molecule has 1 saturated carbocycles. The summed E-state index contributed by atoms with van der Waals surface area (Å²) in [6.07, 6.45) is 7.13. The molecule has 0 bridgehead atoms. The second-order valence-electron chi connectivity index (χ2n) is 10.1. The first kappa shape index (κ1) is 24.7. The predicted molar refractivity (Wildman–Crippen MR) is 144 cm³/mol. The first-order valence-electron chi connectivity index (χ1n) is 13.1. The standard InChI is InChI=1S/C31H35F2N3/c1-23(25-6-7-25)34-30-16-4-24(5-17-30)3-2-18-35-19-21-36(22-20-35)31(26-8-12-28(32)13-9-26)27-10-14-29(33)15-11-27/h2-5,8-17,23,25,31,34H,6-7,18-22H2,1H3/b3-2+. The Labute approximate surface area is 213 Å². The average Bonchev–Trinajstić information content (AvgIpc) is 3.74. The fourth-order valence-corrected chi connectivity index (χ4v) is 5.11. The molecule has 0 aromatic heterocycles. The molecule has 5 rings (SSSR count). The molecule has 3 aromatic carbocycles. The van der Waals surface area contributed by atoms with Crippen LogP contribution >= 0.6 is 0 Å². The first-order valence-corrected chi connectivity index (χ1v) is 13.1. The van der Waals surface area contributed by atoms with Gasteiger partial charge in [-0.05, 0) is 78.8 Å². The summed E-state index contributed by atoms with van der Waals surface area (Å²) in [7, 11) is 0. The third kappa shape index (κ3) is 6.40. The smallest absolute Gasteiger partial charge is 0.123 e. The van der Waals surface area contributed by atoms with Gasteiger partial charge in [-0.15, -0.1) is 0 Å². The number of benzene rings is 3. The van der Waals surface area contributed by atoms with E-state index in [4.69, 9.17) is 0 Å². The molecule has 36 heavy (non-hydrogen) atoms. The Morgan fingerprint density at radius 3 is 1.89 bits per heavy atom. The van der Waals surface area contributed by atoms with E-state index in [0.717, 1.165) is 49.8 Å². The topological polar surface area (TPSA) is 18.5 Å². The number of rotatable bonds is 9. The van der Waals surface area contributed by atoms with Crippen molar-refractivity contribution >= 4 is 11.8 Å². The third-order valence-electron chi connectivity index (χ3n) is 7.45. The van der Waals surface area contributed by atoms with Crippen LogP contribution < -0.4 is 5.32 Å². The summed E-state index contributed by atoms with van der Waals surface area (Å²) in [5.41, 5.74) is 4.46. The molecule has 1 unspecified atom stereocenters. The number of piperazine rings is 1. The van der Waals surface area contributed by atoms with Crippen molar-refractivity contribution in [2.24, 2.45) is 5.92 Å². The molecule has 3 aromatic rings. The minimum Gasteiger partial charge on any atom is -0.382 e. The summed E-state index contributed by atoms with van der Waals surface area (Å²) in [5.74, 6) is 0.352. The van der Waals surface area contributed by atoms with Gasteiger partial charge in [0.2, 0.25) is 0 Å². The molecule has 5 heteroatoms. The van der Waals surface area contributed by atoms with Gasteiger partial charge in [-0.1, -0.05) is 48.6 Å². The summed E-state index contributed by atoms with van der Waals surface area (Å²) < 4.78 is 27.1. The quantitative estimate of drug-likeness (QED) is 0.367. The highest BCUT2D eigenvalue weighted by molar-refractivity contribution is 5.55. The minimum atomic E-state index is -0.244. The molecule has 0 radical (unpaired) electrons. The fourth-order valence-electron chi connectivity index (χ4n) is 5.11. The van der Waals surface area contributed by atoms with Crippen LogP contribution in [0.2, 0.25) is 0 Å². The Morgan fingerprint density at radius 1 is 0.806 bits per heavy atom. The van der Waals surface area contributed by atoms with E-state index in [0.29, 0.717) is 6.04 Å². The summed E-state index contributed by atoms with van der Waals surface area (Å²) in [6, 6.07) is 22.6. The van der Waals surface area contributed by atoms with E-state index in [-0.39, 0.29) is 17.7 Å². The van der Waals surface area contributed by atoms with Gasteiger partial charge in [0.15, 0.2) is 0 Å². The van der Waals surface area contributed by atoms with Crippen LogP contribution in [-0.2, 0) is 0 Å². The van der Waals surface area contributed by atoms with Gasteiger partial charge < -0.3 is 5.32 Å². The Bertz CT molecular complexity index is 1080. The Morgan fingerprint density at radius 2 is 1.36 bits per heavy atom. The molecule has 1 atom stereocenters. The molecule has 1 N–H and O–H groups in total. The lowest BCUT2D eigenvalue weighted by atomic mass is 9.96. The summed E-state index contributed by atoms with van der Waals surface area (Å²) in [5, 5.41) is 3.61. The van der Waals surface area contributed by atoms with E-state index < -0.39 is 0 Å². The van der Waals surface area contributed by atoms with Gasteiger partial charge >= 0.3 is 0 Å². The maximum atomic E-state index is 13.6. The van der Waals surface area contributed by atoms with E-state index in [1.54, 1.807) is 0 Å². The largest absolute Gasteiger partial charge is 0.382 e. The van der Waals surface area contributed by atoms with Crippen molar-refractivity contribution in [1.29, 1.82) is 0 Å². The molecule has 0 amide bonds. The zero-order chi connectivity index (χ0) is 24.9. The second-order valence-corrected chi connectivity index (χ2v) is 10.1. The van der Waals surface area contributed by atoms with Crippen LogP contribution in [0, 0.1) is 17.6 Å². The lowest BCUT2D eigenvalue weighted by Crippen LogP contribution is -2.47. The van der Waals surface area contributed by atoms with E-state index in [1.165, 1.54) is 48.4 Å². The van der Waals surface area contributed by atoms with Gasteiger partial charge in [-0.25, -0.2) is 8.78 Å². The van der Waals surface area contributed by atoms with Gasteiger partial charge in [0.05, 0.1) is 6.04 Å². The molecular formula is C31H35F2N3. The zero-order valence-electron chi connectivity index (χ0n) is 20.9. The Kier molecular flexibility index (Phi) is 7.78. The maximum Gasteiger partial charge on any atom is 0.123 e. The molecule has 0 spiro atoms. The Hall–Kier alpha value is -3.02. The monoisotopic (exact) mass is 487 g/mol. The third-order valence-corrected chi connectivity index (χ3v) is 7.45. The van der Waals surface area contributed by atoms with Gasteiger partial charge in [-0.2, -0.15) is 0 Å². The highest BCUT2D eigenvalue weighted by Crippen LogP contribution is 2.34. The van der Waals surface area contributed by atoms with Gasteiger partial charge in [-0.3, -0.25) is 9.80 Å². The van der Waals surface area contributed by atoms with Crippen LogP contribution in [-0.4, -0.2) is 48.6 Å². The van der Waals surface area contributed by atoms with Crippen molar-refractivity contribution < 1.29 is 8.78 Å². The van der Waals surface area contributed by atoms with Gasteiger partial charge in [0.1, 0.15) is 11.6 Å². The number of hydrogen-bond donors (Lipinski definition) is 1. The molecule has 1 aliphatic carbocycles. The normalized spacial score (nSPS) is 18.1. The first-order chi connectivity index (χ1) is 17.5. The number of nitrogens with zero attached hydrogens (tertiary/aromatic N) is 2. The highest BCUT2D eigenvalue weighted by Gasteiger charge is 2.28. The number of halogens is 2. The summed E-state index contributed by atoms with van der Waals surface area (Å²) >= 11 is 0. The second kappa shape index (κ2) is 11.4. The van der Waals surface area contributed by atoms with E-state index >= 15 is 0 Å². The summed E-state index contributed by atoms with van der Waals surface area (Å²) in [6.45, 7) is 6.87. The van der Waals surface area contributed by atoms with Crippen LogP contribution in [0.3, 0.4) is 0 Å². The van der Waals surface area contributed by atoms with Crippen LogP contribution in [0.1, 0.15) is 42.5 Å². The van der Waals surface area contributed by atoms with Gasteiger partial charge in [0, 0.05) is 44.5 Å². The van der Waals surface area contributed by atoms with E-state index in [2.05, 4.69) is 58.5 Å². The molecule has 2 fully saturated rings. The molecule has 1 saturated heterocycles. The van der Waals surface area contributed by atoms with E-state index in [1.807, 2.05) is 24.3 Å². The van der Waals surface area contributed by atoms with Gasteiger partial charge in [0.25, 0.3) is 0 Å². The van der Waals surface area contributed by atoms with Crippen LogP contribution in [0.15, 0.2) is 78.9 Å². The fraction of sp³-hybridized carbons (Fsp3) is 0.355. The molecule has 3 nitrogen and oxygen atoms in total. The molecule has 2 aliphatic rings. The Balaban J connectivity index is 1.16. The summed E-state index contributed by atoms with van der Waals surface area (Å²) in [4.78, 5) is 4.86. The van der Waals surface area contributed by atoms with Crippen LogP contribution in [0.5, 0.6) is 0 Å². The molecular weight excluding hydrogens is 452 g/mol. The van der Waals surface area contributed by atoms with Crippen molar-refractivity contribution in [3.63, 3.8) is 0 Å². The lowest BCUT2D eigenvalue weighted by Gasteiger charge is -2.39. The van der Waals surface area contributed by atoms with Crippen molar-refractivity contribution in [1.82, 2.24) is 9.80 Å². The number of anilines is 1. The average molecular weight is 488 g/mol. The van der Waals surface area contributed by atoms with E-state index in [9.17, 15) is 8.78 Å². The predicted octanol–water partition coefficient (Wildman–Crippen LogP) is 6.60. The van der Waals surface area contributed by atoms with Crippen LogP contribution in [0.4, 0.5) is 14.5 Å². The van der Waals surface area contributed by atoms with Crippen molar-refractivity contribution in [2.45, 2.75) is 31.8 Å². The molecule has 188 valence electrons. The minimum absolute atomic E-state index is 0.0151. The zero-order valence-corrected chi connectivity index (χ0v) is 20.9. The SMILES string of the molecule is CC(Nc1ccc(/C=C/CN2CCN(C(c3ccc(F)cc3)c3ccc(F)cc3)CC2)cc1)C1CC1. The highest BCUT2D eigenvalue weighted by atomic mass is 19.1. The molecule has 1 heterocycles.